The van der Waals surface area contributed by atoms with E-state index in [2.05, 4.69) is 17.5 Å². The minimum absolute atomic E-state index is 0.173. The zero-order chi connectivity index (χ0) is 16.8. The van der Waals surface area contributed by atoms with Crippen LogP contribution in [-0.4, -0.2) is 24.3 Å². The summed E-state index contributed by atoms with van der Waals surface area (Å²) < 4.78 is 11.2. The van der Waals surface area contributed by atoms with E-state index in [4.69, 9.17) is 9.47 Å². The molecule has 0 fully saturated rings. The summed E-state index contributed by atoms with van der Waals surface area (Å²) in [6.45, 7) is 2.25. The molecule has 5 nitrogen and oxygen atoms in total. The Morgan fingerprint density at radius 3 is 2.58 bits per heavy atom. The number of rotatable bonds is 5. The predicted molar refractivity (Wildman–Crippen MR) is 92.4 cm³/mol. The van der Waals surface area contributed by atoms with Crippen molar-refractivity contribution >= 4 is 11.6 Å². The Morgan fingerprint density at radius 2 is 1.83 bits per heavy atom. The van der Waals surface area contributed by atoms with Gasteiger partial charge >= 0.3 is 0 Å². The molecule has 24 heavy (non-hydrogen) atoms. The fraction of sp³-hybridized carbons (Fsp3) is 0.263. The van der Waals surface area contributed by atoms with Gasteiger partial charge in [-0.15, -0.1) is 0 Å². The Balaban J connectivity index is 1.68. The summed E-state index contributed by atoms with van der Waals surface area (Å²) in [5.41, 5.74) is 4.47. The molecule has 124 valence electrons. The lowest BCUT2D eigenvalue weighted by Gasteiger charge is -2.24. The quantitative estimate of drug-likeness (QED) is 0.679. The maximum atomic E-state index is 12.3. The summed E-state index contributed by atoms with van der Waals surface area (Å²) in [4.78, 5) is 12.3. The highest BCUT2D eigenvalue weighted by molar-refractivity contribution is 6.01. The summed E-state index contributed by atoms with van der Waals surface area (Å²) >= 11 is 0. The minimum Gasteiger partial charge on any atom is -0.485 e. The standard InChI is InChI=1S/C19H20N2O3/c1-2-8-15(14-9-4-3-5-10-14)20-21-19(22)18-13-23-16-11-6-7-12-17(16)24-18/h3-7,9-12,18H,2,8,13H2,1H3,(H,21,22)/b20-15-/t18-/m0/s1. The van der Waals surface area contributed by atoms with Gasteiger partial charge in [0.15, 0.2) is 11.5 Å². The number of carbonyl (C=O) groups is 1. The van der Waals surface area contributed by atoms with Gasteiger partial charge in [-0.05, 0) is 24.1 Å². The normalized spacial score (nSPS) is 16.5. The third-order valence-corrected chi connectivity index (χ3v) is 3.70. The van der Waals surface area contributed by atoms with Crippen LogP contribution in [0, 0.1) is 0 Å². The number of nitrogens with one attached hydrogen (secondary N) is 1. The van der Waals surface area contributed by atoms with Gasteiger partial charge in [-0.1, -0.05) is 55.8 Å². The first-order valence-corrected chi connectivity index (χ1v) is 8.08. The molecular formula is C19H20N2O3. The molecule has 2 aromatic carbocycles. The molecule has 0 bridgehead atoms. The number of amides is 1. The van der Waals surface area contributed by atoms with Crippen molar-refractivity contribution in [1.82, 2.24) is 5.43 Å². The summed E-state index contributed by atoms with van der Waals surface area (Å²) in [6.07, 6.45) is 1.03. The second-order valence-corrected chi connectivity index (χ2v) is 5.51. The van der Waals surface area contributed by atoms with Crippen LogP contribution in [0.15, 0.2) is 59.7 Å². The third-order valence-electron chi connectivity index (χ3n) is 3.70. The van der Waals surface area contributed by atoms with Crippen LogP contribution in [0.2, 0.25) is 0 Å². The van der Waals surface area contributed by atoms with Gasteiger partial charge in [0.1, 0.15) is 6.61 Å². The Kier molecular flexibility index (Phi) is 5.11. The number of hydrogen-bond acceptors (Lipinski definition) is 4. The molecule has 1 atom stereocenters. The molecule has 1 amide bonds. The molecule has 1 aliphatic rings. The molecule has 5 heteroatoms. The second kappa shape index (κ2) is 7.64. The van der Waals surface area contributed by atoms with Gasteiger partial charge in [0.05, 0.1) is 5.71 Å². The maximum Gasteiger partial charge on any atom is 0.284 e. The van der Waals surface area contributed by atoms with E-state index in [1.807, 2.05) is 48.5 Å². The Morgan fingerprint density at radius 1 is 1.12 bits per heavy atom. The zero-order valence-corrected chi connectivity index (χ0v) is 13.6. The highest BCUT2D eigenvalue weighted by atomic mass is 16.6. The van der Waals surface area contributed by atoms with E-state index in [0.717, 1.165) is 24.1 Å². The average Bonchev–Trinajstić information content (AvgIpc) is 2.65. The van der Waals surface area contributed by atoms with Crippen molar-refractivity contribution in [1.29, 1.82) is 0 Å². The molecule has 0 spiro atoms. The van der Waals surface area contributed by atoms with Gasteiger partial charge in [-0.2, -0.15) is 5.10 Å². The van der Waals surface area contributed by atoms with Crippen LogP contribution in [0.4, 0.5) is 0 Å². The first-order valence-electron chi connectivity index (χ1n) is 8.08. The number of para-hydroxylation sites is 2. The first kappa shape index (κ1) is 16.1. The number of fused-ring (bicyclic) bond motifs is 1. The van der Waals surface area contributed by atoms with Crippen molar-refractivity contribution in [3.05, 3.63) is 60.2 Å². The Bertz CT molecular complexity index is 728. The molecule has 0 aromatic heterocycles. The van der Waals surface area contributed by atoms with Crippen LogP contribution >= 0.6 is 0 Å². The maximum absolute atomic E-state index is 12.3. The third kappa shape index (κ3) is 3.74. The van der Waals surface area contributed by atoms with E-state index in [0.29, 0.717) is 11.5 Å². The van der Waals surface area contributed by atoms with Gasteiger partial charge < -0.3 is 9.47 Å². The smallest absolute Gasteiger partial charge is 0.284 e. The van der Waals surface area contributed by atoms with E-state index in [1.54, 1.807) is 6.07 Å². The van der Waals surface area contributed by atoms with Crippen LogP contribution < -0.4 is 14.9 Å². The van der Waals surface area contributed by atoms with Crippen molar-refractivity contribution in [3.63, 3.8) is 0 Å². The lowest BCUT2D eigenvalue weighted by Crippen LogP contribution is -2.42. The fourth-order valence-corrected chi connectivity index (χ4v) is 2.48. The summed E-state index contributed by atoms with van der Waals surface area (Å²) in [6, 6.07) is 17.1. The van der Waals surface area contributed by atoms with Crippen LogP contribution in [0.25, 0.3) is 0 Å². The fourth-order valence-electron chi connectivity index (χ4n) is 2.48. The topological polar surface area (TPSA) is 59.9 Å². The zero-order valence-electron chi connectivity index (χ0n) is 13.6. The first-order chi connectivity index (χ1) is 11.8. The van der Waals surface area contributed by atoms with Crippen molar-refractivity contribution < 1.29 is 14.3 Å². The molecular weight excluding hydrogens is 304 g/mol. The lowest BCUT2D eigenvalue weighted by molar-refractivity contribution is -0.130. The van der Waals surface area contributed by atoms with Crippen LogP contribution in [-0.2, 0) is 4.79 Å². The highest BCUT2D eigenvalue weighted by Crippen LogP contribution is 2.30. The predicted octanol–water partition coefficient (Wildman–Crippen LogP) is 3.15. The number of carbonyl (C=O) groups excluding carboxylic acids is 1. The molecule has 0 saturated carbocycles. The van der Waals surface area contributed by atoms with E-state index in [1.165, 1.54) is 0 Å². The van der Waals surface area contributed by atoms with Gasteiger partial charge in [0, 0.05) is 0 Å². The van der Waals surface area contributed by atoms with E-state index >= 15 is 0 Å². The monoisotopic (exact) mass is 324 g/mol. The van der Waals surface area contributed by atoms with Crippen LogP contribution in [0.1, 0.15) is 25.3 Å². The van der Waals surface area contributed by atoms with Crippen molar-refractivity contribution in [3.8, 4) is 11.5 Å². The SMILES string of the molecule is CCC/C(=N/NC(=O)[C@@H]1COc2ccccc2O1)c1ccccc1. The minimum atomic E-state index is -0.706. The number of hydrazone groups is 1. The molecule has 1 aliphatic heterocycles. The van der Waals surface area contributed by atoms with Gasteiger partial charge in [0.25, 0.3) is 5.91 Å². The van der Waals surface area contributed by atoms with Crippen molar-refractivity contribution in [2.75, 3.05) is 6.61 Å². The van der Waals surface area contributed by atoms with Gasteiger partial charge in [0.2, 0.25) is 6.10 Å². The number of ether oxygens (including phenoxy) is 2. The van der Waals surface area contributed by atoms with E-state index in [-0.39, 0.29) is 12.5 Å². The van der Waals surface area contributed by atoms with Gasteiger partial charge in [-0.25, -0.2) is 5.43 Å². The molecule has 0 unspecified atom stereocenters. The average molecular weight is 324 g/mol. The summed E-state index contributed by atoms with van der Waals surface area (Å²) in [7, 11) is 0. The molecule has 3 rings (SSSR count). The molecule has 0 saturated heterocycles. The molecule has 1 heterocycles. The highest BCUT2D eigenvalue weighted by Gasteiger charge is 2.27. The Hall–Kier alpha value is -2.82. The van der Waals surface area contributed by atoms with Gasteiger partial charge in [-0.3, -0.25) is 4.79 Å². The number of benzene rings is 2. The van der Waals surface area contributed by atoms with Crippen LogP contribution in [0.5, 0.6) is 11.5 Å². The van der Waals surface area contributed by atoms with E-state index < -0.39 is 6.10 Å². The largest absolute Gasteiger partial charge is 0.485 e. The number of nitrogens with zero attached hydrogens (tertiary/aromatic N) is 1. The molecule has 0 aliphatic carbocycles. The van der Waals surface area contributed by atoms with Crippen molar-refractivity contribution in [2.45, 2.75) is 25.9 Å². The number of hydrogen-bond donors (Lipinski definition) is 1. The summed E-state index contributed by atoms with van der Waals surface area (Å²) in [5.74, 6) is 0.916. The summed E-state index contributed by atoms with van der Waals surface area (Å²) in [5, 5.41) is 4.30. The molecule has 1 N–H and O–H groups in total. The lowest BCUT2D eigenvalue weighted by atomic mass is 10.1. The van der Waals surface area contributed by atoms with Crippen molar-refractivity contribution in [2.24, 2.45) is 5.10 Å². The molecule has 2 aromatic rings. The Labute approximate surface area is 141 Å². The second-order valence-electron chi connectivity index (χ2n) is 5.51. The van der Waals surface area contributed by atoms with E-state index in [9.17, 15) is 4.79 Å². The van der Waals surface area contributed by atoms with Crippen LogP contribution in [0.3, 0.4) is 0 Å². The molecule has 0 radical (unpaired) electrons.